The van der Waals surface area contributed by atoms with Crippen LogP contribution in [0.25, 0.3) is 22.3 Å². The van der Waals surface area contributed by atoms with Crippen LogP contribution in [0, 0.1) is 13.8 Å². The minimum Gasteiger partial charge on any atom is -0.456 e. The summed E-state index contributed by atoms with van der Waals surface area (Å²) in [6.07, 6.45) is 0. The van der Waals surface area contributed by atoms with Gasteiger partial charge < -0.3 is 4.42 Å². The summed E-state index contributed by atoms with van der Waals surface area (Å²) in [6, 6.07) is 15.2. The van der Waals surface area contributed by atoms with E-state index in [2.05, 4.69) is 0 Å². The van der Waals surface area contributed by atoms with Crippen LogP contribution in [0.2, 0.25) is 0 Å². The Kier molecular flexibility index (Phi) is 2.71. The van der Waals surface area contributed by atoms with Gasteiger partial charge in [0.05, 0.1) is 5.39 Å². The lowest BCUT2D eigenvalue weighted by molar-refractivity contribution is 0.619. The Morgan fingerprint density at radius 3 is 2.26 bits per heavy atom. The summed E-state index contributed by atoms with van der Waals surface area (Å²) >= 11 is 0. The zero-order valence-corrected chi connectivity index (χ0v) is 10.9. The van der Waals surface area contributed by atoms with Gasteiger partial charge in [0.25, 0.3) is 0 Å². The van der Waals surface area contributed by atoms with E-state index in [4.69, 9.17) is 4.42 Å². The maximum atomic E-state index is 12.1. The molecule has 2 heteroatoms. The maximum absolute atomic E-state index is 12.1. The molecule has 0 fully saturated rings. The second kappa shape index (κ2) is 4.39. The Bertz CT molecular complexity index is 796. The molecule has 94 valence electrons. The average molecular weight is 250 g/mol. The Morgan fingerprint density at radius 1 is 0.842 bits per heavy atom. The molecule has 0 atom stereocenters. The third kappa shape index (κ3) is 2.17. The van der Waals surface area contributed by atoms with Crippen molar-refractivity contribution in [2.45, 2.75) is 13.8 Å². The first kappa shape index (κ1) is 11.7. The molecule has 0 amide bonds. The predicted molar refractivity (Wildman–Crippen MR) is 77.4 cm³/mol. The second-order valence-electron chi connectivity index (χ2n) is 4.84. The van der Waals surface area contributed by atoms with Crippen molar-refractivity contribution >= 4 is 11.0 Å². The van der Waals surface area contributed by atoms with Gasteiger partial charge in [-0.15, -0.1) is 0 Å². The van der Waals surface area contributed by atoms with Crippen LogP contribution in [-0.2, 0) is 0 Å². The van der Waals surface area contributed by atoms with E-state index in [-0.39, 0.29) is 5.43 Å². The largest absolute Gasteiger partial charge is 0.456 e. The van der Waals surface area contributed by atoms with Gasteiger partial charge >= 0.3 is 0 Å². The lowest BCUT2D eigenvalue weighted by Crippen LogP contribution is -2.00. The van der Waals surface area contributed by atoms with Crippen LogP contribution in [0.1, 0.15) is 11.1 Å². The molecule has 0 radical (unpaired) electrons. The molecule has 19 heavy (non-hydrogen) atoms. The number of fused-ring (bicyclic) bond motifs is 1. The molecule has 0 spiro atoms. The molecular formula is C17H14O2. The van der Waals surface area contributed by atoms with Crippen LogP contribution >= 0.6 is 0 Å². The fourth-order valence-electron chi connectivity index (χ4n) is 2.13. The standard InChI is InChI=1S/C17H14O2/c1-11-3-6-13(7-4-11)17-10-15(18)14-9-12(2)5-8-16(14)19-17/h3-10H,1-2H3. The molecule has 0 N–H and O–H groups in total. The maximum Gasteiger partial charge on any atom is 0.193 e. The molecule has 3 aromatic rings. The minimum atomic E-state index is 0.000486. The van der Waals surface area contributed by atoms with Crippen molar-refractivity contribution in [3.8, 4) is 11.3 Å². The van der Waals surface area contributed by atoms with E-state index in [0.717, 1.165) is 11.1 Å². The van der Waals surface area contributed by atoms with Crippen LogP contribution in [0.15, 0.2) is 57.7 Å². The minimum absolute atomic E-state index is 0.000486. The van der Waals surface area contributed by atoms with E-state index in [9.17, 15) is 4.79 Å². The number of hydrogen-bond acceptors (Lipinski definition) is 2. The van der Waals surface area contributed by atoms with Crippen molar-refractivity contribution in [3.63, 3.8) is 0 Å². The Balaban J connectivity index is 2.24. The normalized spacial score (nSPS) is 10.8. The van der Waals surface area contributed by atoms with Crippen LogP contribution in [0.3, 0.4) is 0 Å². The van der Waals surface area contributed by atoms with Gasteiger partial charge in [-0.1, -0.05) is 41.5 Å². The highest BCUT2D eigenvalue weighted by Crippen LogP contribution is 2.22. The van der Waals surface area contributed by atoms with E-state index in [1.165, 1.54) is 5.56 Å². The molecule has 0 aliphatic heterocycles. The zero-order valence-electron chi connectivity index (χ0n) is 10.9. The molecule has 1 heterocycles. The van der Waals surface area contributed by atoms with Gasteiger partial charge in [-0.2, -0.15) is 0 Å². The molecule has 0 aliphatic carbocycles. The summed E-state index contributed by atoms with van der Waals surface area (Å²) in [5.74, 6) is 0.612. The zero-order chi connectivity index (χ0) is 13.4. The van der Waals surface area contributed by atoms with Crippen molar-refractivity contribution < 1.29 is 4.42 Å². The third-order valence-electron chi connectivity index (χ3n) is 3.22. The lowest BCUT2D eigenvalue weighted by atomic mass is 10.1. The highest BCUT2D eigenvalue weighted by Gasteiger charge is 2.06. The van der Waals surface area contributed by atoms with Gasteiger partial charge in [-0.3, -0.25) is 4.79 Å². The van der Waals surface area contributed by atoms with E-state index in [1.54, 1.807) is 6.07 Å². The fourth-order valence-corrected chi connectivity index (χ4v) is 2.13. The van der Waals surface area contributed by atoms with Gasteiger partial charge in [0, 0.05) is 11.6 Å². The molecule has 0 saturated carbocycles. The summed E-state index contributed by atoms with van der Waals surface area (Å²) < 4.78 is 5.82. The molecular weight excluding hydrogens is 236 g/mol. The molecule has 0 bridgehead atoms. The van der Waals surface area contributed by atoms with E-state index in [0.29, 0.717) is 16.7 Å². The molecule has 2 aromatic carbocycles. The lowest BCUT2D eigenvalue weighted by Gasteiger charge is -2.04. The first-order chi connectivity index (χ1) is 9.13. The van der Waals surface area contributed by atoms with Crippen molar-refractivity contribution in [2.24, 2.45) is 0 Å². The third-order valence-corrected chi connectivity index (χ3v) is 3.22. The average Bonchev–Trinajstić information content (AvgIpc) is 2.40. The number of rotatable bonds is 1. The highest BCUT2D eigenvalue weighted by molar-refractivity contribution is 5.79. The second-order valence-corrected chi connectivity index (χ2v) is 4.84. The molecule has 0 saturated heterocycles. The molecule has 3 rings (SSSR count). The van der Waals surface area contributed by atoms with Crippen LogP contribution in [-0.4, -0.2) is 0 Å². The molecule has 0 unspecified atom stereocenters. The fraction of sp³-hybridized carbons (Fsp3) is 0.118. The first-order valence-corrected chi connectivity index (χ1v) is 6.25. The number of hydrogen-bond donors (Lipinski definition) is 0. The van der Waals surface area contributed by atoms with Crippen molar-refractivity contribution in [3.05, 3.63) is 69.9 Å². The van der Waals surface area contributed by atoms with Gasteiger partial charge in [-0.25, -0.2) is 0 Å². The first-order valence-electron chi connectivity index (χ1n) is 6.25. The van der Waals surface area contributed by atoms with E-state index < -0.39 is 0 Å². The number of benzene rings is 2. The van der Waals surface area contributed by atoms with Crippen molar-refractivity contribution in [1.82, 2.24) is 0 Å². The van der Waals surface area contributed by atoms with Crippen molar-refractivity contribution in [2.75, 3.05) is 0 Å². The quantitative estimate of drug-likeness (QED) is 0.651. The topological polar surface area (TPSA) is 30.2 Å². The Morgan fingerprint density at radius 2 is 1.53 bits per heavy atom. The Labute approximate surface area is 111 Å². The van der Waals surface area contributed by atoms with Gasteiger partial charge in [0.2, 0.25) is 0 Å². The smallest absolute Gasteiger partial charge is 0.193 e. The van der Waals surface area contributed by atoms with E-state index in [1.807, 2.05) is 56.3 Å². The summed E-state index contributed by atoms with van der Waals surface area (Å²) in [5.41, 5.74) is 3.80. The van der Waals surface area contributed by atoms with Crippen LogP contribution < -0.4 is 5.43 Å². The molecule has 1 aromatic heterocycles. The summed E-state index contributed by atoms with van der Waals surface area (Å²) in [4.78, 5) is 12.1. The molecule has 2 nitrogen and oxygen atoms in total. The van der Waals surface area contributed by atoms with Crippen LogP contribution in [0.4, 0.5) is 0 Å². The highest BCUT2D eigenvalue weighted by atomic mass is 16.3. The predicted octanol–water partition coefficient (Wildman–Crippen LogP) is 4.08. The molecule has 0 aliphatic rings. The van der Waals surface area contributed by atoms with Crippen LogP contribution in [0.5, 0.6) is 0 Å². The van der Waals surface area contributed by atoms with Gasteiger partial charge in [-0.05, 0) is 26.0 Å². The van der Waals surface area contributed by atoms with Gasteiger partial charge in [0.15, 0.2) is 5.43 Å². The monoisotopic (exact) mass is 250 g/mol. The van der Waals surface area contributed by atoms with Crippen molar-refractivity contribution in [1.29, 1.82) is 0 Å². The Hall–Kier alpha value is -2.35. The van der Waals surface area contributed by atoms with E-state index >= 15 is 0 Å². The summed E-state index contributed by atoms with van der Waals surface area (Å²) in [7, 11) is 0. The summed E-state index contributed by atoms with van der Waals surface area (Å²) in [5, 5.41) is 0.635. The summed E-state index contributed by atoms with van der Waals surface area (Å²) in [6.45, 7) is 4.00. The SMILES string of the molecule is Cc1ccc(-c2cc(=O)c3cc(C)ccc3o2)cc1. The van der Waals surface area contributed by atoms with Gasteiger partial charge in [0.1, 0.15) is 11.3 Å². The number of aryl methyl sites for hydroxylation is 2.